The van der Waals surface area contributed by atoms with Crippen LogP contribution in [0.3, 0.4) is 0 Å². The molecular formula is C9H7ClF2INO2. The lowest BCUT2D eigenvalue weighted by atomic mass is 10.2. The lowest BCUT2D eigenvalue weighted by Crippen LogP contribution is -2.09. The summed E-state index contributed by atoms with van der Waals surface area (Å²) in [5, 5.41) is -0.353. The van der Waals surface area contributed by atoms with Crippen LogP contribution < -0.4 is 0 Å². The molecular weight excluding hydrogens is 354 g/mol. The number of carbonyl (C=O) groups is 1. The minimum atomic E-state index is -2.82. The first-order chi connectivity index (χ1) is 7.47. The summed E-state index contributed by atoms with van der Waals surface area (Å²) in [4.78, 5) is 15.0. The topological polar surface area (TPSA) is 39.2 Å². The SMILES string of the molecule is CCOC(=O)c1cc(I)nc(C(F)F)c1Cl. The van der Waals surface area contributed by atoms with E-state index in [1.807, 2.05) is 0 Å². The molecule has 7 heteroatoms. The van der Waals surface area contributed by atoms with Crippen LogP contribution in [0.15, 0.2) is 6.07 Å². The maximum absolute atomic E-state index is 12.5. The summed E-state index contributed by atoms with van der Waals surface area (Å²) < 4.78 is 30.0. The maximum Gasteiger partial charge on any atom is 0.339 e. The molecule has 0 atom stereocenters. The first kappa shape index (κ1) is 13.6. The number of alkyl halides is 2. The zero-order valence-corrected chi connectivity index (χ0v) is 11.1. The third-order valence-electron chi connectivity index (χ3n) is 1.65. The molecule has 0 saturated carbocycles. The largest absolute Gasteiger partial charge is 0.462 e. The molecule has 0 saturated heterocycles. The molecule has 88 valence electrons. The Morgan fingerprint density at radius 1 is 1.69 bits per heavy atom. The molecule has 3 nitrogen and oxygen atoms in total. The molecule has 0 spiro atoms. The zero-order valence-electron chi connectivity index (χ0n) is 8.14. The van der Waals surface area contributed by atoms with Gasteiger partial charge < -0.3 is 4.74 Å². The molecule has 1 rings (SSSR count). The third-order valence-corrected chi connectivity index (χ3v) is 2.60. The number of pyridine rings is 1. The van der Waals surface area contributed by atoms with Gasteiger partial charge in [-0.2, -0.15) is 0 Å². The molecule has 0 amide bonds. The number of carbonyl (C=O) groups excluding carboxylic acids is 1. The predicted octanol–water partition coefficient (Wildman–Crippen LogP) is 3.45. The van der Waals surface area contributed by atoms with Crippen molar-refractivity contribution in [3.63, 3.8) is 0 Å². The van der Waals surface area contributed by atoms with Crippen LogP contribution in [0.25, 0.3) is 0 Å². The van der Waals surface area contributed by atoms with Crippen molar-refractivity contribution in [3.8, 4) is 0 Å². The number of rotatable bonds is 3. The van der Waals surface area contributed by atoms with E-state index < -0.39 is 18.1 Å². The molecule has 1 heterocycles. The van der Waals surface area contributed by atoms with Crippen LogP contribution in [0.4, 0.5) is 8.78 Å². The summed E-state index contributed by atoms with van der Waals surface area (Å²) in [6.07, 6.45) is -2.82. The zero-order chi connectivity index (χ0) is 12.3. The van der Waals surface area contributed by atoms with E-state index in [1.54, 1.807) is 29.5 Å². The van der Waals surface area contributed by atoms with Crippen LogP contribution in [0.1, 0.15) is 29.4 Å². The Labute approximate surface area is 109 Å². The number of halogens is 4. The number of hydrogen-bond donors (Lipinski definition) is 0. The molecule has 0 aliphatic heterocycles. The average molecular weight is 362 g/mol. The van der Waals surface area contributed by atoms with Gasteiger partial charge >= 0.3 is 5.97 Å². The monoisotopic (exact) mass is 361 g/mol. The standard InChI is InChI=1S/C9H7ClF2INO2/c1-2-16-9(15)4-3-5(13)14-7(6(4)10)8(11)12/h3,8H,2H2,1H3. The Morgan fingerprint density at radius 2 is 2.31 bits per heavy atom. The highest BCUT2D eigenvalue weighted by atomic mass is 127. The Kier molecular flexibility index (Phi) is 4.85. The maximum atomic E-state index is 12.5. The van der Waals surface area contributed by atoms with Gasteiger partial charge in [-0.25, -0.2) is 18.6 Å². The van der Waals surface area contributed by atoms with Crippen LogP contribution in [-0.2, 0) is 4.74 Å². The van der Waals surface area contributed by atoms with Crippen molar-refractivity contribution in [1.29, 1.82) is 0 Å². The van der Waals surface area contributed by atoms with Crippen molar-refractivity contribution in [2.75, 3.05) is 6.61 Å². The summed E-state index contributed by atoms with van der Waals surface area (Å²) in [5.74, 6) is -0.727. The van der Waals surface area contributed by atoms with Crippen LogP contribution >= 0.6 is 34.2 Å². The number of hydrogen-bond acceptors (Lipinski definition) is 3. The van der Waals surface area contributed by atoms with Gasteiger partial charge in [-0.1, -0.05) is 11.6 Å². The van der Waals surface area contributed by atoms with E-state index in [9.17, 15) is 13.6 Å². The number of nitrogens with zero attached hydrogens (tertiary/aromatic N) is 1. The summed E-state index contributed by atoms with van der Waals surface area (Å²) in [6.45, 7) is 1.77. The molecule has 1 aromatic heterocycles. The predicted molar refractivity (Wildman–Crippen MR) is 62.9 cm³/mol. The summed E-state index contributed by atoms with van der Waals surface area (Å²) in [6, 6.07) is 1.31. The van der Waals surface area contributed by atoms with Crippen molar-refractivity contribution < 1.29 is 18.3 Å². The van der Waals surface area contributed by atoms with Crippen LogP contribution in [0.5, 0.6) is 0 Å². The minimum absolute atomic E-state index is 0.0850. The van der Waals surface area contributed by atoms with Gasteiger partial charge in [-0.15, -0.1) is 0 Å². The molecule has 16 heavy (non-hydrogen) atoms. The summed E-state index contributed by atoms with van der Waals surface area (Å²) in [5.41, 5.74) is -0.685. The Hall–Kier alpha value is -0.500. The third kappa shape index (κ3) is 3.00. The van der Waals surface area contributed by atoms with Crippen molar-refractivity contribution in [2.24, 2.45) is 0 Å². The van der Waals surface area contributed by atoms with Crippen molar-refractivity contribution >= 4 is 40.2 Å². The highest BCUT2D eigenvalue weighted by molar-refractivity contribution is 14.1. The molecule has 1 aromatic rings. The van der Waals surface area contributed by atoms with Gasteiger partial charge in [0, 0.05) is 0 Å². The molecule has 0 unspecified atom stereocenters. The van der Waals surface area contributed by atoms with Gasteiger partial charge in [-0.05, 0) is 35.6 Å². The second kappa shape index (κ2) is 5.72. The molecule has 0 radical (unpaired) electrons. The average Bonchev–Trinajstić information content (AvgIpc) is 2.20. The van der Waals surface area contributed by atoms with Gasteiger partial charge in [0.25, 0.3) is 6.43 Å². The molecule has 0 bridgehead atoms. The molecule has 0 N–H and O–H groups in total. The van der Waals surface area contributed by atoms with Gasteiger partial charge in [0.2, 0.25) is 0 Å². The van der Waals surface area contributed by atoms with Crippen molar-refractivity contribution in [2.45, 2.75) is 13.3 Å². The number of esters is 1. The molecule has 0 aromatic carbocycles. The Bertz CT molecular complexity index is 415. The fraction of sp³-hybridized carbons (Fsp3) is 0.333. The lowest BCUT2D eigenvalue weighted by molar-refractivity contribution is 0.0525. The number of aromatic nitrogens is 1. The van der Waals surface area contributed by atoms with Gasteiger partial charge in [0.05, 0.1) is 17.2 Å². The van der Waals surface area contributed by atoms with Crippen molar-refractivity contribution in [1.82, 2.24) is 4.98 Å². The highest BCUT2D eigenvalue weighted by Gasteiger charge is 2.22. The van der Waals surface area contributed by atoms with E-state index in [0.29, 0.717) is 0 Å². The fourth-order valence-electron chi connectivity index (χ4n) is 1.02. The molecule has 0 aliphatic carbocycles. The van der Waals surface area contributed by atoms with Gasteiger partial charge in [0.1, 0.15) is 9.39 Å². The fourth-order valence-corrected chi connectivity index (χ4v) is 1.85. The highest BCUT2D eigenvalue weighted by Crippen LogP contribution is 2.29. The Morgan fingerprint density at radius 3 is 2.81 bits per heavy atom. The number of ether oxygens (including phenoxy) is 1. The van der Waals surface area contributed by atoms with E-state index in [2.05, 4.69) is 4.98 Å². The van der Waals surface area contributed by atoms with E-state index in [-0.39, 0.29) is 20.9 Å². The summed E-state index contributed by atoms with van der Waals surface area (Å²) >= 11 is 7.39. The first-order valence-electron chi connectivity index (χ1n) is 4.28. The van der Waals surface area contributed by atoms with Crippen molar-refractivity contribution in [3.05, 3.63) is 26.0 Å². The van der Waals surface area contributed by atoms with E-state index in [4.69, 9.17) is 16.3 Å². The van der Waals surface area contributed by atoms with Crippen LogP contribution in [0.2, 0.25) is 5.02 Å². The molecule has 0 aliphatic rings. The van der Waals surface area contributed by atoms with Crippen LogP contribution in [-0.4, -0.2) is 17.6 Å². The Balaban J connectivity index is 3.24. The minimum Gasteiger partial charge on any atom is -0.462 e. The summed E-state index contributed by atoms with van der Waals surface area (Å²) in [7, 11) is 0. The van der Waals surface area contributed by atoms with E-state index in [0.717, 1.165) is 0 Å². The van der Waals surface area contributed by atoms with Gasteiger partial charge in [0.15, 0.2) is 0 Å². The second-order valence-electron chi connectivity index (χ2n) is 2.71. The normalized spacial score (nSPS) is 10.6. The molecule has 0 fully saturated rings. The van der Waals surface area contributed by atoms with Gasteiger partial charge in [-0.3, -0.25) is 0 Å². The quantitative estimate of drug-likeness (QED) is 0.470. The first-order valence-corrected chi connectivity index (χ1v) is 5.74. The second-order valence-corrected chi connectivity index (χ2v) is 4.20. The lowest BCUT2D eigenvalue weighted by Gasteiger charge is -2.08. The van der Waals surface area contributed by atoms with E-state index >= 15 is 0 Å². The smallest absolute Gasteiger partial charge is 0.339 e. The van der Waals surface area contributed by atoms with E-state index in [1.165, 1.54) is 6.07 Å². The van der Waals surface area contributed by atoms with Crippen LogP contribution in [0, 0.1) is 3.70 Å².